The van der Waals surface area contributed by atoms with Crippen molar-refractivity contribution >= 4 is 30.5 Å². The minimum atomic E-state index is -3.75. The molecule has 0 amide bonds. The van der Waals surface area contributed by atoms with Gasteiger partial charge >= 0.3 is 209 Å². The van der Waals surface area contributed by atoms with Crippen molar-refractivity contribution in [3.05, 3.63) is 152 Å². The van der Waals surface area contributed by atoms with Crippen LogP contribution in [0.3, 0.4) is 0 Å². The van der Waals surface area contributed by atoms with Gasteiger partial charge in [-0.3, -0.25) is 0 Å². The van der Waals surface area contributed by atoms with Gasteiger partial charge < -0.3 is 0 Å². The number of nitrogens with zero attached hydrogens (tertiary/aromatic N) is 2. The summed E-state index contributed by atoms with van der Waals surface area (Å²) in [7, 11) is 0. The molecule has 5 nitrogen and oxygen atoms in total. The summed E-state index contributed by atoms with van der Waals surface area (Å²) in [5.74, 6) is 0. The molecule has 35 heavy (non-hydrogen) atoms. The number of hydrogen-bond donors (Lipinski definition) is 1. The second kappa shape index (κ2) is 10.3. The van der Waals surface area contributed by atoms with Crippen LogP contribution in [-0.2, 0) is 6.54 Å². The first-order chi connectivity index (χ1) is 17.2. The normalized spacial score (nSPS) is 11.7. The summed E-state index contributed by atoms with van der Waals surface area (Å²) in [6.45, 7) is 0.280. The van der Waals surface area contributed by atoms with Crippen LogP contribution in [0.4, 0.5) is 0 Å². The van der Waals surface area contributed by atoms with E-state index in [-0.39, 0.29) is 12.2 Å². The zero-order valence-corrected chi connectivity index (χ0v) is 23.0. The summed E-state index contributed by atoms with van der Waals surface area (Å²) in [6.07, 6.45) is 2.04. The molecular formula is C29H25N3O2Pb. The van der Waals surface area contributed by atoms with Gasteiger partial charge in [-0.05, 0) is 0 Å². The van der Waals surface area contributed by atoms with Crippen LogP contribution in [0.5, 0.6) is 0 Å². The Hall–Kier alpha value is -3.72. The van der Waals surface area contributed by atoms with E-state index in [0.717, 1.165) is 4.57 Å². The predicted octanol–water partition coefficient (Wildman–Crippen LogP) is 2.59. The first-order valence-electron chi connectivity index (χ1n) is 11.5. The van der Waals surface area contributed by atoms with E-state index in [0.29, 0.717) is 5.69 Å². The van der Waals surface area contributed by atoms with E-state index < -0.39 is 26.9 Å². The molecule has 172 valence electrons. The van der Waals surface area contributed by atoms with Gasteiger partial charge in [0.1, 0.15) is 0 Å². The molecule has 4 aromatic carbocycles. The molecule has 1 heterocycles. The monoisotopic (exact) mass is 655 g/mol. The Kier molecular flexibility index (Phi) is 6.76. The van der Waals surface area contributed by atoms with Gasteiger partial charge in [0, 0.05) is 0 Å². The van der Waals surface area contributed by atoms with E-state index in [1.807, 2.05) is 30.3 Å². The molecule has 0 aliphatic rings. The number of para-hydroxylation sites is 1. The van der Waals surface area contributed by atoms with E-state index in [1.165, 1.54) is 14.0 Å². The molecule has 5 aromatic rings. The minimum absolute atomic E-state index is 0.280. The van der Waals surface area contributed by atoms with E-state index in [2.05, 4.69) is 81.5 Å². The quantitative estimate of drug-likeness (QED) is 0.275. The molecule has 1 N–H and O–H groups in total. The van der Waals surface area contributed by atoms with Gasteiger partial charge in [0.05, 0.1) is 0 Å². The molecule has 0 saturated carbocycles. The van der Waals surface area contributed by atoms with Gasteiger partial charge in [-0.15, -0.1) is 0 Å². The summed E-state index contributed by atoms with van der Waals surface area (Å²) < 4.78 is 8.86. The van der Waals surface area contributed by atoms with Gasteiger partial charge in [0.15, 0.2) is 0 Å². The molecule has 0 bridgehead atoms. The molecule has 1 aromatic heterocycles. The van der Waals surface area contributed by atoms with Crippen molar-refractivity contribution in [3.8, 4) is 5.69 Å². The van der Waals surface area contributed by atoms with Crippen LogP contribution >= 0.6 is 0 Å². The third-order valence-electron chi connectivity index (χ3n) is 6.21. The topological polar surface area (TPSA) is 59.8 Å². The second-order valence-corrected chi connectivity index (χ2v) is 22.6. The van der Waals surface area contributed by atoms with Gasteiger partial charge in [0.2, 0.25) is 0 Å². The zero-order valence-electron chi connectivity index (χ0n) is 19.1. The van der Waals surface area contributed by atoms with Gasteiger partial charge in [-0.1, -0.05) is 0 Å². The first kappa shape index (κ1) is 23.0. The summed E-state index contributed by atoms with van der Waals surface area (Å²) in [5.41, 5.74) is -0.277. The predicted molar refractivity (Wildman–Crippen MR) is 144 cm³/mol. The number of H-pyrrole nitrogens is 1. The van der Waals surface area contributed by atoms with E-state index in [1.54, 1.807) is 24.3 Å². The third kappa shape index (κ3) is 4.51. The Balaban J connectivity index is 1.61. The Morgan fingerprint density at radius 3 is 1.51 bits per heavy atom. The number of benzene rings is 4. The SMILES string of the molecule is O=c1[nH]n(C/C=[CH]/[Pb]([c]2ccccc2)([c]2ccccc2)[c]2ccccc2)c(=O)n1-c1ccccc1. The molecule has 0 spiro atoms. The van der Waals surface area contributed by atoms with E-state index >= 15 is 0 Å². The molecule has 5 rings (SSSR count). The molecule has 0 atom stereocenters. The average Bonchev–Trinajstić information content (AvgIpc) is 3.21. The first-order valence-corrected chi connectivity index (χ1v) is 19.6. The molecule has 6 heteroatoms. The number of allylic oxidation sites excluding steroid dienone is 1. The van der Waals surface area contributed by atoms with Crippen molar-refractivity contribution in [2.45, 2.75) is 6.54 Å². The number of nitrogens with one attached hydrogen (secondary N) is 1. The fraction of sp³-hybridized carbons (Fsp3) is 0.0345. The standard InChI is InChI=1S/C11H10N3O2.3C6H5.Pb/c1-2-8-13-11(16)14(10(15)12-13)9-6-4-3-5-7-9;3*1-2-4-6-5-3-1;/h1-7H,8H2,(H,12,15);3*1-5H;. The van der Waals surface area contributed by atoms with Crippen molar-refractivity contribution in [1.29, 1.82) is 0 Å². The van der Waals surface area contributed by atoms with E-state index in [4.69, 9.17) is 0 Å². The van der Waals surface area contributed by atoms with Crippen LogP contribution in [0.15, 0.2) is 141 Å². The summed E-state index contributed by atoms with van der Waals surface area (Å²) in [6, 6.07) is 40.9. The molecule has 0 saturated heterocycles. The van der Waals surface area contributed by atoms with Crippen LogP contribution in [0.1, 0.15) is 0 Å². The summed E-state index contributed by atoms with van der Waals surface area (Å²) >= 11 is -3.75. The Bertz CT molecular complexity index is 1440. The van der Waals surface area contributed by atoms with Gasteiger partial charge in [0.25, 0.3) is 0 Å². The van der Waals surface area contributed by atoms with Crippen molar-refractivity contribution in [1.82, 2.24) is 14.3 Å². The fourth-order valence-electron chi connectivity index (χ4n) is 4.58. The van der Waals surface area contributed by atoms with Gasteiger partial charge in [-0.25, -0.2) is 0 Å². The summed E-state index contributed by atoms with van der Waals surface area (Å²) in [4.78, 5) is 25.6. The van der Waals surface area contributed by atoms with Crippen molar-refractivity contribution in [2.24, 2.45) is 0 Å². The summed E-state index contributed by atoms with van der Waals surface area (Å²) in [5, 5.41) is 2.70. The van der Waals surface area contributed by atoms with Crippen molar-refractivity contribution in [3.63, 3.8) is 0 Å². The Labute approximate surface area is 208 Å². The van der Waals surface area contributed by atoms with E-state index in [9.17, 15) is 9.59 Å². The second-order valence-electron chi connectivity index (χ2n) is 8.29. The maximum atomic E-state index is 13.0. The number of aromatic amines is 1. The fourth-order valence-corrected chi connectivity index (χ4v) is 20.9. The molecule has 0 unspecified atom stereocenters. The third-order valence-corrected chi connectivity index (χ3v) is 23.6. The van der Waals surface area contributed by atoms with Crippen LogP contribution < -0.4 is 20.7 Å². The molecule has 0 aliphatic carbocycles. The number of rotatable bonds is 7. The van der Waals surface area contributed by atoms with Crippen molar-refractivity contribution in [2.75, 3.05) is 0 Å². The Morgan fingerprint density at radius 1 is 0.629 bits per heavy atom. The van der Waals surface area contributed by atoms with Gasteiger partial charge in [-0.2, -0.15) is 0 Å². The van der Waals surface area contributed by atoms with Crippen LogP contribution in [0.25, 0.3) is 5.69 Å². The molecule has 0 aliphatic heterocycles. The van der Waals surface area contributed by atoms with Crippen LogP contribution in [0, 0.1) is 0 Å². The van der Waals surface area contributed by atoms with Crippen LogP contribution in [-0.4, -0.2) is 35.5 Å². The molecule has 0 radical (unpaired) electrons. The zero-order chi connectivity index (χ0) is 24.1. The Morgan fingerprint density at radius 2 is 1.06 bits per heavy atom. The average molecular weight is 655 g/mol. The molecule has 0 fully saturated rings. The van der Waals surface area contributed by atoms with Crippen LogP contribution in [0.2, 0.25) is 0 Å². The number of aromatic nitrogens is 3. The van der Waals surface area contributed by atoms with Crippen molar-refractivity contribution < 1.29 is 0 Å². The number of hydrogen-bond acceptors (Lipinski definition) is 2. The maximum absolute atomic E-state index is 13.0. The molecular weight excluding hydrogens is 630 g/mol.